The highest BCUT2D eigenvalue weighted by Gasteiger charge is 2.23. The van der Waals surface area contributed by atoms with E-state index in [1.165, 1.54) is 24.3 Å². The molecule has 2 rings (SSSR count). The number of ether oxygens (including phenoxy) is 1. The average Bonchev–Trinajstić information content (AvgIpc) is 2.48. The van der Waals surface area contributed by atoms with E-state index >= 15 is 0 Å². The summed E-state index contributed by atoms with van der Waals surface area (Å²) >= 11 is 5.73. The third-order valence-corrected chi connectivity index (χ3v) is 3.52. The van der Waals surface area contributed by atoms with Gasteiger partial charge in [0.15, 0.2) is 0 Å². The maximum absolute atomic E-state index is 14.0. The molecule has 0 fully saturated rings. The first-order valence-corrected chi connectivity index (χ1v) is 7.02. The van der Waals surface area contributed by atoms with Crippen LogP contribution in [0.25, 0.3) is 0 Å². The third kappa shape index (κ3) is 3.71. The van der Waals surface area contributed by atoms with E-state index in [4.69, 9.17) is 22.1 Å². The van der Waals surface area contributed by atoms with Crippen LogP contribution in [0.1, 0.15) is 25.0 Å². The van der Waals surface area contributed by atoms with Gasteiger partial charge < -0.3 is 10.5 Å². The molecule has 0 saturated carbocycles. The van der Waals surface area contributed by atoms with Crippen LogP contribution in [0.15, 0.2) is 42.5 Å². The van der Waals surface area contributed by atoms with Crippen molar-refractivity contribution in [2.45, 2.75) is 25.5 Å². The van der Waals surface area contributed by atoms with Crippen LogP contribution in [-0.4, -0.2) is 6.04 Å². The van der Waals surface area contributed by atoms with E-state index in [2.05, 4.69) is 0 Å². The summed E-state index contributed by atoms with van der Waals surface area (Å²) in [5.74, 6) is -0.579. The van der Waals surface area contributed by atoms with Crippen molar-refractivity contribution in [3.8, 4) is 5.75 Å². The molecule has 0 aliphatic carbocycles. The summed E-state index contributed by atoms with van der Waals surface area (Å²) in [6, 6.07) is 9.90. The first-order chi connectivity index (χ1) is 10.0. The lowest BCUT2D eigenvalue weighted by molar-refractivity contribution is 0.166. The molecule has 21 heavy (non-hydrogen) atoms. The Balaban J connectivity index is 2.33. The summed E-state index contributed by atoms with van der Waals surface area (Å²) in [6.07, 6.45) is -0.0637. The van der Waals surface area contributed by atoms with E-state index in [-0.39, 0.29) is 10.8 Å². The van der Waals surface area contributed by atoms with E-state index in [0.717, 1.165) is 0 Å². The summed E-state index contributed by atoms with van der Waals surface area (Å²) in [4.78, 5) is 0. The molecule has 5 heteroatoms. The summed E-state index contributed by atoms with van der Waals surface area (Å²) in [6.45, 7) is 1.89. The Labute approximate surface area is 127 Å². The molecule has 2 aromatic carbocycles. The molecule has 0 aromatic heterocycles. The van der Waals surface area contributed by atoms with E-state index < -0.39 is 18.0 Å². The Kier molecular flexibility index (Phi) is 5.15. The van der Waals surface area contributed by atoms with E-state index in [1.54, 1.807) is 18.2 Å². The van der Waals surface area contributed by atoms with Crippen molar-refractivity contribution in [1.29, 1.82) is 0 Å². The number of rotatable bonds is 5. The molecule has 0 spiro atoms. The molecule has 0 saturated heterocycles. The molecule has 2 atom stereocenters. The molecule has 0 radical (unpaired) electrons. The van der Waals surface area contributed by atoms with Gasteiger partial charge in [-0.3, -0.25) is 0 Å². The molecule has 0 aliphatic rings. The van der Waals surface area contributed by atoms with Gasteiger partial charge in [-0.25, -0.2) is 8.78 Å². The van der Waals surface area contributed by atoms with Crippen molar-refractivity contribution < 1.29 is 13.5 Å². The minimum Gasteiger partial charge on any atom is -0.484 e. The van der Waals surface area contributed by atoms with Gasteiger partial charge in [0.05, 0.1) is 5.02 Å². The third-order valence-electron chi connectivity index (χ3n) is 3.23. The van der Waals surface area contributed by atoms with Crippen molar-refractivity contribution >= 4 is 11.6 Å². The zero-order valence-electron chi connectivity index (χ0n) is 11.5. The number of nitrogens with two attached hydrogens (primary N) is 1. The molecule has 0 bridgehead atoms. The Morgan fingerprint density at radius 1 is 1.14 bits per heavy atom. The standard InChI is InChI=1S/C16H16ClF2NO/c1-2-15(20)16(11-5-3-4-6-13(11)18)21-10-7-8-14(19)12(17)9-10/h3-9,15-16H,2,20H2,1H3. The lowest BCUT2D eigenvalue weighted by atomic mass is 10.0. The van der Waals surface area contributed by atoms with Crippen molar-refractivity contribution in [1.82, 2.24) is 0 Å². The Hall–Kier alpha value is -1.65. The minimum absolute atomic E-state index is 0.0511. The summed E-state index contributed by atoms with van der Waals surface area (Å²) in [5.41, 5.74) is 6.40. The maximum atomic E-state index is 14.0. The molecule has 0 heterocycles. The lowest BCUT2D eigenvalue weighted by Gasteiger charge is -2.25. The van der Waals surface area contributed by atoms with Crippen LogP contribution >= 0.6 is 11.6 Å². The van der Waals surface area contributed by atoms with Gasteiger partial charge in [0.2, 0.25) is 0 Å². The molecule has 2 N–H and O–H groups in total. The maximum Gasteiger partial charge on any atom is 0.142 e. The second kappa shape index (κ2) is 6.87. The van der Waals surface area contributed by atoms with Gasteiger partial charge in [0.1, 0.15) is 23.5 Å². The van der Waals surface area contributed by atoms with E-state index in [9.17, 15) is 8.78 Å². The predicted molar refractivity (Wildman–Crippen MR) is 79.4 cm³/mol. The summed E-state index contributed by atoms with van der Waals surface area (Å²) in [5, 5.41) is -0.0511. The van der Waals surface area contributed by atoms with Gasteiger partial charge in [-0.15, -0.1) is 0 Å². The minimum atomic E-state index is -0.669. The van der Waals surface area contributed by atoms with Crippen LogP contribution in [0.3, 0.4) is 0 Å². The summed E-state index contributed by atoms with van der Waals surface area (Å²) < 4.78 is 32.9. The molecule has 0 aliphatic heterocycles. The number of halogens is 3. The number of benzene rings is 2. The quantitative estimate of drug-likeness (QED) is 0.884. The molecule has 112 valence electrons. The van der Waals surface area contributed by atoms with E-state index in [0.29, 0.717) is 17.7 Å². The monoisotopic (exact) mass is 311 g/mol. The normalized spacial score (nSPS) is 13.8. The van der Waals surface area contributed by atoms with Crippen LogP contribution in [0.4, 0.5) is 8.78 Å². The Morgan fingerprint density at radius 3 is 2.48 bits per heavy atom. The molecule has 2 aromatic rings. The van der Waals surface area contributed by atoms with Crippen molar-refractivity contribution in [2.75, 3.05) is 0 Å². The highest BCUT2D eigenvalue weighted by atomic mass is 35.5. The molecule has 2 unspecified atom stereocenters. The van der Waals surface area contributed by atoms with Crippen LogP contribution in [-0.2, 0) is 0 Å². The smallest absolute Gasteiger partial charge is 0.142 e. The van der Waals surface area contributed by atoms with E-state index in [1.807, 2.05) is 6.92 Å². The Bertz CT molecular complexity index is 621. The van der Waals surface area contributed by atoms with Crippen molar-refractivity contribution in [3.05, 3.63) is 64.7 Å². The zero-order valence-corrected chi connectivity index (χ0v) is 12.3. The lowest BCUT2D eigenvalue weighted by Crippen LogP contribution is -2.32. The van der Waals surface area contributed by atoms with Crippen LogP contribution in [0, 0.1) is 11.6 Å². The fraction of sp³-hybridized carbons (Fsp3) is 0.250. The van der Waals surface area contributed by atoms with Crippen LogP contribution < -0.4 is 10.5 Å². The van der Waals surface area contributed by atoms with Crippen molar-refractivity contribution in [3.63, 3.8) is 0 Å². The Morgan fingerprint density at radius 2 is 1.86 bits per heavy atom. The fourth-order valence-electron chi connectivity index (χ4n) is 2.00. The molecular weight excluding hydrogens is 296 g/mol. The van der Waals surface area contributed by atoms with Crippen LogP contribution in [0.5, 0.6) is 5.75 Å². The molecule has 2 nitrogen and oxygen atoms in total. The highest BCUT2D eigenvalue weighted by molar-refractivity contribution is 6.30. The number of hydrogen-bond donors (Lipinski definition) is 1. The first kappa shape index (κ1) is 15.7. The molecular formula is C16H16ClF2NO. The first-order valence-electron chi connectivity index (χ1n) is 6.64. The second-order valence-corrected chi connectivity index (χ2v) is 5.12. The van der Waals surface area contributed by atoms with Crippen LogP contribution in [0.2, 0.25) is 5.02 Å². The SMILES string of the molecule is CCC(N)C(Oc1ccc(F)c(Cl)c1)c1ccccc1F. The average molecular weight is 312 g/mol. The van der Waals surface area contributed by atoms with Gasteiger partial charge in [-0.1, -0.05) is 36.7 Å². The molecule has 0 amide bonds. The largest absolute Gasteiger partial charge is 0.484 e. The fourth-order valence-corrected chi connectivity index (χ4v) is 2.17. The zero-order chi connectivity index (χ0) is 15.4. The van der Waals surface area contributed by atoms with Gasteiger partial charge in [-0.05, 0) is 24.6 Å². The second-order valence-electron chi connectivity index (χ2n) is 4.71. The predicted octanol–water partition coefficient (Wildman–Crippen LogP) is 4.48. The van der Waals surface area contributed by atoms with Crippen molar-refractivity contribution in [2.24, 2.45) is 5.73 Å². The van der Waals surface area contributed by atoms with Gasteiger partial charge >= 0.3 is 0 Å². The number of hydrogen-bond acceptors (Lipinski definition) is 2. The highest BCUT2D eigenvalue weighted by Crippen LogP contribution is 2.29. The summed E-state index contributed by atoms with van der Waals surface area (Å²) in [7, 11) is 0. The van der Waals surface area contributed by atoms with Gasteiger partial charge in [0.25, 0.3) is 0 Å². The topological polar surface area (TPSA) is 35.2 Å². The van der Waals surface area contributed by atoms with Gasteiger partial charge in [0, 0.05) is 17.7 Å². The van der Waals surface area contributed by atoms with Gasteiger partial charge in [-0.2, -0.15) is 0 Å².